The number of pyridine rings is 1. The molecule has 0 amide bonds. The summed E-state index contributed by atoms with van der Waals surface area (Å²) in [5.41, 5.74) is 2.38. The van der Waals surface area contributed by atoms with Gasteiger partial charge in [-0.15, -0.1) is 12.3 Å². The van der Waals surface area contributed by atoms with E-state index in [1.165, 1.54) is 0 Å². The first-order valence-electron chi connectivity index (χ1n) is 6.51. The van der Waals surface area contributed by atoms with Crippen molar-refractivity contribution in [1.82, 2.24) is 4.98 Å². The summed E-state index contributed by atoms with van der Waals surface area (Å²) in [6, 6.07) is 0. The van der Waals surface area contributed by atoms with Crippen LogP contribution in [0.5, 0.6) is 0 Å². The Hall–Kier alpha value is -1.31. The molecule has 1 aromatic rings. The Morgan fingerprint density at radius 3 is 2.32 bits per heavy atom. The Balaban J connectivity index is 2.42. The average Bonchev–Trinajstić information content (AvgIpc) is 2.48. The van der Waals surface area contributed by atoms with Crippen LogP contribution in [-0.4, -0.2) is 23.3 Å². The third-order valence-corrected chi connectivity index (χ3v) is 4.05. The molecule has 2 rings (SSSR count). The van der Waals surface area contributed by atoms with Crippen LogP contribution in [0.25, 0.3) is 0 Å². The number of aryl methyl sites for hydroxylation is 1. The topological polar surface area (TPSA) is 31.4 Å². The van der Waals surface area contributed by atoms with E-state index in [1.807, 2.05) is 40.8 Å². The van der Waals surface area contributed by atoms with E-state index in [1.54, 1.807) is 6.20 Å². The van der Waals surface area contributed by atoms with Crippen LogP contribution in [0.1, 0.15) is 38.8 Å². The molecule has 0 aromatic carbocycles. The fourth-order valence-corrected chi connectivity index (χ4v) is 2.18. The first kappa shape index (κ1) is 14.1. The maximum atomic E-state index is 6.10. The summed E-state index contributed by atoms with van der Waals surface area (Å²) in [5, 5.41) is 0. The first-order valence-corrected chi connectivity index (χ1v) is 6.51. The summed E-state index contributed by atoms with van der Waals surface area (Å²) >= 11 is 0. The molecule has 0 spiro atoms. The van der Waals surface area contributed by atoms with Gasteiger partial charge in [0.25, 0.3) is 0 Å². The van der Waals surface area contributed by atoms with Crippen molar-refractivity contribution < 1.29 is 9.31 Å². The largest absolute Gasteiger partial charge is 0.495 e. The number of aromatic nitrogens is 1. The number of terminal acetylenes is 1. The van der Waals surface area contributed by atoms with Crippen LogP contribution in [0.2, 0.25) is 0 Å². The third-order valence-electron chi connectivity index (χ3n) is 4.05. The lowest BCUT2D eigenvalue weighted by molar-refractivity contribution is 0.00578. The SMILES string of the molecule is C#CCc1cncc(C)c1B1OC(C)(C)C(C)(C)O1. The Morgan fingerprint density at radius 2 is 1.79 bits per heavy atom. The molecule has 0 unspecified atom stereocenters. The lowest BCUT2D eigenvalue weighted by Gasteiger charge is -2.32. The molecule has 1 aliphatic heterocycles. The maximum absolute atomic E-state index is 6.10. The van der Waals surface area contributed by atoms with Crippen LogP contribution >= 0.6 is 0 Å². The van der Waals surface area contributed by atoms with Crippen LogP contribution in [0.15, 0.2) is 12.4 Å². The minimum Gasteiger partial charge on any atom is -0.399 e. The van der Waals surface area contributed by atoms with Gasteiger partial charge in [-0.2, -0.15) is 0 Å². The number of rotatable bonds is 2. The van der Waals surface area contributed by atoms with Crippen LogP contribution < -0.4 is 5.46 Å². The molecule has 2 heterocycles. The number of hydrogen-bond acceptors (Lipinski definition) is 3. The minimum absolute atomic E-state index is 0.346. The zero-order chi connectivity index (χ0) is 14.3. The summed E-state index contributed by atoms with van der Waals surface area (Å²) in [7, 11) is -0.378. The normalized spacial score (nSPS) is 20.3. The van der Waals surface area contributed by atoms with E-state index in [0.29, 0.717) is 6.42 Å². The van der Waals surface area contributed by atoms with Crippen molar-refractivity contribution in [3.8, 4) is 12.3 Å². The van der Waals surface area contributed by atoms with E-state index < -0.39 is 0 Å². The lowest BCUT2D eigenvalue weighted by atomic mass is 9.73. The fourth-order valence-electron chi connectivity index (χ4n) is 2.18. The van der Waals surface area contributed by atoms with Crippen LogP contribution in [-0.2, 0) is 15.7 Å². The molecule has 1 saturated heterocycles. The summed E-state index contributed by atoms with van der Waals surface area (Å²) < 4.78 is 12.2. The highest BCUT2D eigenvalue weighted by molar-refractivity contribution is 6.63. The predicted octanol–water partition coefficient (Wildman–Crippen LogP) is 1.86. The standard InChI is InChI=1S/C15H20BNO2/c1-7-8-12-10-17-9-11(2)13(12)16-18-14(3,4)15(5,6)19-16/h1,9-10H,8H2,2-6H3. The molecule has 0 N–H and O–H groups in total. The van der Waals surface area contributed by atoms with Gasteiger partial charge in [-0.05, 0) is 51.2 Å². The van der Waals surface area contributed by atoms with Crippen molar-refractivity contribution in [1.29, 1.82) is 0 Å². The smallest absolute Gasteiger partial charge is 0.399 e. The van der Waals surface area contributed by atoms with Crippen molar-refractivity contribution >= 4 is 12.6 Å². The zero-order valence-electron chi connectivity index (χ0n) is 12.3. The molecular weight excluding hydrogens is 237 g/mol. The summed E-state index contributed by atoms with van der Waals surface area (Å²) in [6.07, 6.45) is 9.58. The van der Waals surface area contributed by atoms with Gasteiger partial charge in [0.15, 0.2) is 0 Å². The summed E-state index contributed by atoms with van der Waals surface area (Å²) in [6.45, 7) is 10.2. The first-order chi connectivity index (χ1) is 8.78. The molecule has 0 aliphatic carbocycles. The van der Waals surface area contributed by atoms with Crippen LogP contribution in [0.4, 0.5) is 0 Å². The van der Waals surface area contributed by atoms with Gasteiger partial charge in [0, 0.05) is 18.8 Å². The molecule has 0 bridgehead atoms. The summed E-state index contributed by atoms with van der Waals surface area (Å²) in [5.74, 6) is 2.67. The van der Waals surface area contributed by atoms with Gasteiger partial charge in [0.1, 0.15) is 0 Å². The predicted molar refractivity (Wildman–Crippen MR) is 77.2 cm³/mol. The van der Waals surface area contributed by atoms with E-state index in [2.05, 4.69) is 10.9 Å². The summed E-state index contributed by atoms with van der Waals surface area (Å²) in [4.78, 5) is 4.20. The Bertz CT molecular complexity index is 515. The molecule has 3 nitrogen and oxygen atoms in total. The number of nitrogens with zero attached hydrogens (tertiary/aromatic N) is 1. The van der Waals surface area contributed by atoms with E-state index >= 15 is 0 Å². The van der Waals surface area contributed by atoms with Gasteiger partial charge >= 0.3 is 7.12 Å². The monoisotopic (exact) mass is 257 g/mol. The molecular formula is C15H20BNO2. The second-order valence-electron chi connectivity index (χ2n) is 6.00. The van der Waals surface area contributed by atoms with E-state index in [-0.39, 0.29) is 18.3 Å². The molecule has 1 fully saturated rings. The Morgan fingerprint density at radius 1 is 1.21 bits per heavy atom. The van der Waals surface area contributed by atoms with E-state index in [4.69, 9.17) is 15.7 Å². The van der Waals surface area contributed by atoms with E-state index in [0.717, 1.165) is 16.6 Å². The third kappa shape index (κ3) is 2.41. The van der Waals surface area contributed by atoms with E-state index in [9.17, 15) is 0 Å². The highest BCUT2D eigenvalue weighted by Gasteiger charge is 2.52. The van der Waals surface area contributed by atoms with Crippen molar-refractivity contribution in [3.63, 3.8) is 0 Å². The zero-order valence-corrected chi connectivity index (χ0v) is 12.3. The highest BCUT2D eigenvalue weighted by Crippen LogP contribution is 2.36. The Labute approximate surface area is 115 Å². The van der Waals surface area contributed by atoms with Gasteiger partial charge in [-0.25, -0.2) is 0 Å². The second kappa shape index (κ2) is 4.66. The molecule has 1 aromatic heterocycles. The molecule has 0 saturated carbocycles. The average molecular weight is 257 g/mol. The molecule has 1 aliphatic rings. The van der Waals surface area contributed by atoms with Crippen LogP contribution in [0, 0.1) is 19.3 Å². The molecule has 0 atom stereocenters. The second-order valence-corrected chi connectivity index (χ2v) is 6.00. The van der Waals surface area contributed by atoms with Gasteiger partial charge in [-0.3, -0.25) is 4.98 Å². The quantitative estimate of drug-likeness (QED) is 0.598. The van der Waals surface area contributed by atoms with Crippen molar-refractivity contribution in [2.24, 2.45) is 0 Å². The van der Waals surface area contributed by atoms with Crippen LogP contribution in [0.3, 0.4) is 0 Å². The van der Waals surface area contributed by atoms with Crippen molar-refractivity contribution in [3.05, 3.63) is 23.5 Å². The maximum Gasteiger partial charge on any atom is 0.495 e. The minimum atomic E-state index is -0.378. The Kier molecular flexibility index (Phi) is 3.46. The molecule has 19 heavy (non-hydrogen) atoms. The van der Waals surface area contributed by atoms with Gasteiger partial charge in [0.05, 0.1) is 11.2 Å². The lowest BCUT2D eigenvalue weighted by Crippen LogP contribution is -2.41. The van der Waals surface area contributed by atoms with Gasteiger partial charge in [-0.1, -0.05) is 0 Å². The van der Waals surface area contributed by atoms with Crippen molar-refractivity contribution in [2.45, 2.75) is 52.2 Å². The molecule has 100 valence electrons. The molecule has 4 heteroatoms. The number of hydrogen-bond donors (Lipinski definition) is 0. The van der Waals surface area contributed by atoms with Gasteiger partial charge in [0.2, 0.25) is 0 Å². The molecule has 0 radical (unpaired) electrons. The van der Waals surface area contributed by atoms with Gasteiger partial charge < -0.3 is 9.31 Å². The highest BCUT2D eigenvalue weighted by atomic mass is 16.7. The fraction of sp³-hybridized carbons (Fsp3) is 0.533. The van der Waals surface area contributed by atoms with Crippen molar-refractivity contribution in [2.75, 3.05) is 0 Å².